The predicted octanol–water partition coefficient (Wildman–Crippen LogP) is 3.75. The van der Waals surface area contributed by atoms with Crippen molar-refractivity contribution in [2.45, 2.75) is 24.9 Å². The molecule has 2 unspecified atom stereocenters. The maximum atomic E-state index is 13.6. The normalized spacial score (nSPS) is 18.3. The van der Waals surface area contributed by atoms with E-state index in [9.17, 15) is 13.6 Å². The van der Waals surface area contributed by atoms with Gasteiger partial charge in [0.05, 0.1) is 17.2 Å². The molecule has 3 aromatic rings. The third-order valence-corrected chi connectivity index (χ3v) is 5.60. The Kier molecular flexibility index (Phi) is 7.03. The van der Waals surface area contributed by atoms with Crippen molar-refractivity contribution in [1.29, 1.82) is 5.26 Å². The number of hydrogen-bond donors (Lipinski definition) is 3. The first kappa shape index (κ1) is 22.5. The van der Waals surface area contributed by atoms with Gasteiger partial charge >= 0.3 is 0 Å². The van der Waals surface area contributed by atoms with Crippen molar-refractivity contribution >= 4 is 28.6 Å². The molecule has 1 aromatic heterocycles. The van der Waals surface area contributed by atoms with Crippen molar-refractivity contribution in [2.75, 3.05) is 18.4 Å². The van der Waals surface area contributed by atoms with Gasteiger partial charge in [-0.15, -0.1) is 0 Å². The highest BCUT2D eigenvalue weighted by Gasteiger charge is 2.25. The topological polar surface area (TPSA) is 89.8 Å². The molecular weight excluding hydrogens is 424 g/mol. The van der Waals surface area contributed by atoms with Gasteiger partial charge in [0.2, 0.25) is 5.91 Å². The average molecular weight is 447 g/mol. The van der Waals surface area contributed by atoms with Gasteiger partial charge in [0.25, 0.3) is 0 Å². The third kappa shape index (κ3) is 5.58. The molecule has 0 aliphatic carbocycles. The van der Waals surface area contributed by atoms with E-state index in [1.807, 2.05) is 24.3 Å². The van der Waals surface area contributed by atoms with Crippen LogP contribution in [-0.2, 0) is 4.79 Å². The lowest BCUT2D eigenvalue weighted by atomic mass is 10.00. The smallest absolute Gasteiger partial charge is 0.241 e. The lowest BCUT2D eigenvalue weighted by Crippen LogP contribution is -2.52. The Balaban J connectivity index is 1.28. The van der Waals surface area contributed by atoms with Gasteiger partial charge < -0.3 is 16.0 Å². The summed E-state index contributed by atoms with van der Waals surface area (Å²) >= 11 is 0. The zero-order valence-corrected chi connectivity index (χ0v) is 17.8. The molecule has 0 spiro atoms. The van der Waals surface area contributed by atoms with Crippen molar-refractivity contribution in [3.05, 3.63) is 77.5 Å². The number of pyridine rings is 1. The monoisotopic (exact) mass is 447 g/mol. The van der Waals surface area contributed by atoms with Crippen LogP contribution in [0.25, 0.3) is 17.0 Å². The second kappa shape index (κ2) is 10.3. The number of anilines is 1. The minimum Gasteiger partial charge on any atom is -0.323 e. The molecule has 33 heavy (non-hydrogen) atoms. The molecule has 168 valence electrons. The second-order valence-corrected chi connectivity index (χ2v) is 7.89. The summed E-state index contributed by atoms with van der Waals surface area (Å²) in [5.41, 5.74) is 1.66. The standard InChI is InChI=1S/C25H23F2N5O/c26-18-7-10-21(27)17(13-18)4-2-12-29-20-9-11-23(30-15-20)25(33)32-22-5-1-3-16-6-8-19(14-28)31-24(16)22/h1-8,10,13,20,23,29-30H,9,11-12,15H2,(H,32,33)/b4-2+. The molecule has 1 amide bonds. The first-order chi connectivity index (χ1) is 16.0. The molecule has 0 saturated carbocycles. The van der Waals surface area contributed by atoms with Gasteiger partial charge in [-0.3, -0.25) is 4.79 Å². The molecule has 2 atom stereocenters. The van der Waals surface area contributed by atoms with Crippen LogP contribution in [0.2, 0.25) is 0 Å². The van der Waals surface area contributed by atoms with Crippen LogP contribution in [0.5, 0.6) is 0 Å². The molecule has 4 rings (SSSR count). The van der Waals surface area contributed by atoms with E-state index in [4.69, 9.17) is 5.26 Å². The summed E-state index contributed by atoms with van der Waals surface area (Å²) < 4.78 is 26.9. The highest BCUT2D eigenvalue weighted by atomic mass is 19.1. The number of nitrogens with zero attached hydrogens (tertiary/aromatic N) is 2. The number of carbonyl (C=O) groups is 1. The van der Waals surface area contributed by atoms with Gasteiger partial charge in [-0.05, 0) is 49.2 Å². The van der Waals surface area contributed by atoms with Gasteiger partial charge in [-0.2, -0.15) is 5.26 Å². The molecule has 2 aromatic carbocycles. The number of amides is 1. The molecule has 3 N–H and O–H groups in total. The SMILES string of the molecule is N#Cc1ccc2cccc(NC(=O)C3CCC(NC/C=C/c4cc(F)ccc4F)CN3)c2n1. The molecule has 0 bridgehead atoms. The number of nitrogens with one attached hydrogen (secondary N) is 3. The molecule has 1 saturated heterocycles. The summed E-state index contributed by atoms with van der Waals surface area (Å²) in [7, 11) is 0. The van der Waals surface area contributed by atoms with Gasteiger partial charge in [-0.1, -0.05) is 24.3 Å². The van der Waals surface area contributed by atoms with E-state index < -0.39 is 11.6 Å². The van der Waals surface area contributed by atoms with Crippen LogP contribution in [0.1, 0.15) is 24.1 Å². The fourth-order valence-corrected chi connectivity index (χ4v) is 3.85. The summed E-state index contributed by atoms with van der Waals surface area (Å²) in [5.74, 6) is -1.09. The van der Waals surface area contributed by atoms with Crippen LogP contribution in [0.4, 0.5) is 14.5 Å². The number of rotatable bonds is 6. The Morgan fingerprint density at radius 1 is 1.21 bits per heavy atom. The first-order valence-electron chi connectivity index (χ1n) is 10.7. The van der Waals surface area contributed by atoms with Gasteiger partial charge in [0, 0.05) is 30.1 Å². The summed E-state index contributed by atoms with van der Waals surface area (Å²) in [5, 5.41) is 19.5. The Morgan fingerprint density at radius 3 is 2.88 bits per heavy atom. The van der Waals surface area contributed by atoms with Crippen LogP contribution < -0.4 is 16.0 Å². The fourth-order valence-electron chi connectivity index (χ4n) is 3.85. The first-order valence-corrected chi connectivity index (χ1v) is 10.7. The molecule has 2 heterocycles. The summed E-state index contributed by atoms with van der Waals surface area (Å²) in [6.45, 7) is 1.11. The zero-order chi connectivity index (χ0) is 23.2. The number of para-hydroxylation sites is 1. The highest BCUT2D eigenvalue weighted by molar-refractivity contribution is 6.02. The number of aromatic nitrogens is 1. The Morgan fingerprint density at radius 2 is 2.09 bits per heavy atom. The van der Waals surface area contributed by atoms with Crippen molar-refractivity contribution in [2.24, 2.45) is 0 Å². The molecule has 1 aliphatic heterocycles. The van der Waals surface area contributed by atoms with E-state index in [1.165, 1.54) is 0 Å². The van der Waals surface area contributed by atoms with Crippen LogP contribution >= 0.6 is 0 Å². The number of carbonyl (C=O) groups excluding carboxylic acids is 1. The maximum Gasteiger partial charge on any atom is 0.241 e. The predicted molar refractivity (Wildman–Crippen MR) is 123 cm³/mol. The number of benzene rings is 2. The number of fused-ring (bicyclic) bond motifs is 1. The van der Waals surface area contributed by atoms with Gasteiger partial charge in [-0.25, -0.2) is 13.8 Å². The lowest BCUT2D eigenvalue weighted by molar-refractivity contribution is -0.118. The highest BCUT2D eigenvalue weighted by Crippen LogP contribution is 2.22. The number of halogens is 2. The largest absolute Gasteiger partial charge is 0.323 e. The van der Waals surface area contributed by atoms with E-state index in [0.717, 1.165) is 30.0 Å². The van der Waals surface area contributed by atoms with Crippen molar-refractivity contribution in [1.82, 2.24) is 15.6 Å². The van der Waals surface area contributed by atoms with E-state index in [0.29, 0.717) is 36.4 Å². The van der Waals surface area contributed by atoms with Crippen molar-refractivity contribution in [3.8, 4) is 6.07 Å². The van der Waals surface area contributed by atoms with E-state index in [1.54, 1.807) is 24.3 Å². The zero-order valence-electron chi connectivity index (χ0n) is 17.8. The minimum absolute atomic E-state index is 0.147. The summed E-state index contributed by atoms with van der Waals surface area (Å²) in [6.07, 6.45) is 4.74. The summed E-state index contributed by atoms with van der Waals surface area (Å²) in [4.78, 5) is 17.1. The van der Waals surface area contributed by atoms with Gasteiger partial charge in [0.15, 0.2) is 0 Å². The molecule has 1 aliphatic rings. The number of hydrogen-bond acceptors (Lipinski definition) is 5. The van der Waals surface area contributed by atoms with Gasteiger partial charge in [0.1, 0.15) is 23.4 Å². The van der Waals surface area contributed by atoms with E-state index in [2.05, 4.69) is 20.9 Å². The molecule has 0 radical (unpaired) electrons. The minimum atomic E-state index is -0.477. The lowest BCUT2D eigenvalue weighted by Gasteiger charge is -2.29. The Hall–Kier alpha value is -3.67. The fraction of sp³-hybridized carbons (Fsp3) is 0.240. The van der Waals surface area contributed by atoms with Crippen LogP contribution in [0.3, 0.4) is 0 Å². The van der Waals surface area contributed by atoms with Crippen LogP contribution in [0, 0.1) is 23.0 Å². The van der Waals surface area contributed by atoms with Crippen molar-refractivity contribution in [3.63, 3.8) is 0 Å². The molecule has 1 fully saturated rings. The Labute approximate surface area is 190 Å². The number of piperidine rings is 1. The van der Waals surface area contributed by atoms with Crippen LogP contribution in [-0.4, -0.2) is 36.1 Å². The second-order valence-electron chi connectivity index (χ2n) is 7.89. The quantitative estimate of drug-likeness (QED) is 0.536. The van der Waals surface area contributed by atoms with E-state index >= 15 is 0 Å². The van der Waals surface area contributed by atoms with Crippen molar-refractivity contribution < 1.29 is 13.6 Å². The summed E-state index contributed by atoms with van der Waals surface area (Å²) in [6, 6.07) is 14.1. The molecule has 6 nitrogen and oxygen atoms in total. The number of nitriles is 1. The maximum absolute atomic E-state index is 13.6. The van der Waals surface area contributed by atoms with E-state index in [-0.39, 0.29) is 23.6 Å². The van der Waals surface area contributed by atoms with Crippen LogP contribution in [0.15, 0.2) is 54.6 Å². The average Bonchev–Trinajstić information content (AvgIpc) is 2.84. The third-order valence-electron chi connectivity index (χ3n) is 5.60. The Bertz CT molecular complexity index is 1230. The molecular formula is C25H23F2N5O. The molecule has 8 heteroatoms.